The Morgan fingerprint density at radius 1 is 1.44 bits per heavy atom. The van der Waals surface area contributed by atoms with E-state index in [0.29, 0.717) is 11.3 Å². The number of carboxylic acid groups (broad SMARTS) is 2. The molecule has 0 aromatic heterocycles. The van der Waals surface area contributed by atoms with Gasteiger partial charge in [0.15, 0.2) is 0 Å². The average molecular weight is 243 g/mol. The van der Waals surface area contributed by atoms with Gasteiger partial charge >= 0.3 is 11.9 Å². The zero-order chi connectivity index (χ0) is 11.9. The first-order valence-electron chi connectivity index (χ1n) is 4.67. The molecule has 0 aromatic carbocycles. The number of hydrogen-bond acceptors (Lipinski definition) is 4. The lowest BCUT2D eigenvalue weighted by Crippen LogP contribution is -2.48. The Hall–Kier alpha value is -1.50. The van der Waals surface area contributed by atoms with Crippen LogP contribution in [0.25, 0.3) is 0 Å². The minimum absolute atomic E-state index is 0.0347. The van der Waals surface area contributed by atoms with Gasteiger partial charge in [-0.2, -0.15) is 0 Å². The maximum atomic E-state index is 11.2. The van der Waals surface area contributed by atoms with E-state index in [-0.39, 0.29) is 29.8 Å². The molecular weight excluding hydrogens is 234 g/mol. The number of allylic oxidation sites excluding steroid dienone is 1. The molecule has 2 heterocycles. The Kier molecular flexibility index (Phi) is 2.63. The van der Waals surface area contributed by atoms with E-state index in [1.165, 1.54) is 16.7 Å². The predicted octanol–water partition coefficient (Wildman–Crippen LogP) is 0.453. The minimum Gasteiger partial charge on any atom is -0.481 e. The second-order valence-corrected chi connectivity index (χ2v) is 4.78. The number of carbonyl (C=O) groups is 3. The third-order valence-corrected chi connectivity index (χ3v) is 3.79. The van der Waals surface area contributed by atoms with E-state index in [9.17, 15) is 14.4 Å². The molecule has 1 atom stereocenters. The summed E-state index contributed by atoms with van der Waals surface area (Å²) in [7, 11) is 0. The van der Waals surface area contributed by atoms with Crippen molar-refractivity contribution in [1.29, 1.82) is 0 Å². The minimum atomic E-state index is -1.16. The summed E-state index contributed by atoms with van der Waals surface area (Å²) in [6.45, 7) is 0. The molecule has 0 bridgehead atoms. The van der Waals surface area contributed by atoms with Crippen molar-refractivity contribution in [2.75, 3.05) is 0 Å². The lowest BCUT2D eigenvalue weighted by atomic mass is 10.1. The van der Waals surface area contributed by atoms with Crippen molar-refractivity contribution in [2.24, 2.45) is 0 Å². The van der Waals surface area contributed by atoms with Crippen molar-refractivity contribution < 1.29 is 24.6 Å². The molecule has 2 aliphatic heterocycles. The summed E-state index contributed by atoms with van der Waals surface area (Å²) in [5, 5.41) is 17.4. The van der Waals surface area contributed by atoms with E-state index in [4.69, 9.17) is 10.2 Å². The number of carbonyl (C=O) groups excluding carboxylic acids is 1. The zero-order valence-corrected chi connectivity index (χ0v) is 8.99. The number of fused-ring (bicyclic) bond motifs is 1. The highest BCUT2D eigenvalue weighted by Gasteiger charge is 2.48. The topological polar surface area (TPSA) is 94.9 Å². The highest BCUT2D eigenvalue weighted by molar-refractivity contribution is 8.04. The van der Waals surface area contributed by atoms with Gasteiger partial charge in [-0.25, -0.2) is 4.79 Å². The normalized spacial score (nSPS) is 23.1. The Bertz CT molecular complexity index is 416. The lowest BCUT2D eigenvalue weighted by molar-refractivity contribution is -0.145. The van der Waals surface area contributed by atoms with Gasteiger partial charge in [-0.1, -0.05) is 0 Å². The molecule has 0 radical (unpaired) electrons. The SMILES string of the molecule is O=C(O)CCC1=C(C(=O)O)N2C(=O)C[C@@H]2S1. The fraction of sp³-hybridized carbons (Fsp3) is 0.444. The molecule has 1 amide bonds. The lowest BCUT2D eigenvalue weighted by Gasteiger charge is -2.33. The summed E-state index contributed by atoms with van der Waals surface area (Å²) in [4.78, 5) is 34.3. The van der Waals surface area contributed by atoms with E-state index in [2.05, 4.69) is 0 Å². The molecule has 86 valence electrons. The third kappa shape index (κ3) is 1.67. The van der Waals surface area contributed by atoms with E-state index in [1.807, 2.05) is 0 Å². The van der Waals surface area contributed by atoms with Crippen LogP contribution in [0, 0.1) is 0 Å². The second-order valence-electron chi connectivity index (χ2n) is 3.51. The van der Waals surface area contributed by atoms with Gasteiger partial charge in [0.05, 0.1) is 11.8 Å². The predicted molar refractivity (Wildman–Crippen MR) is 54.4 cm³/mol. The highest BCUT2D eigenvalue weighted by Crippen LogP contribution is 2.47. The first-order chi connectivity index (χ1) is 7.50. The molecule has 2 N–H and O–H groups in total. The van der Waals surface area contributed by atoms with Gasteiger partial charge in [-0.15, -0.1) is 11.8 Å². The smallest absolute Gasteiger partial charge is 0.353 e. The Morgan fingerprint density at radius 2 is 2.12 bits per heavy atom. The van der Waals surface area contributed by atoms with Crippen molar-refractivity contribution in [1.82, 2.24) is 4.90 Å². The van der Waals surface area contributed by atoms with Crippen molar-refractivity contribution >= 4 is 29.6 Å². The quantitative estimate of drug-likeness (QED) is 0.696. The van der Waals surface area contributed by atoms with Crippen LogP contribution >= 0.6 is 11.8 Å². The molecule has 6 nitrogen and oxygen atoms in total. The van der Waals surface area contributed by atoms with Crippen LogP contribution in [0.2, 0.25) is 0 Å². The van der Waals surface area contributed by atoms with E-state index in [0.717, 1.165) is 0 Å². The van der Waals surface area contributed by atoms with Gasteiger partial charge in [0.1, 0.15) is 5.70 Å². The van der Waals surface area contributed by atoms with Crippen molar-refractivity contribution in [3.8, 4) is 0 Å². The fourth-order valence-electron chi connectivity index (χ4n) is 1.72. The molecule has 0 aliphatic carbocycles. The summed E-state index contributed by atoms with van der Waals surface area (Å²) in [6.07, 6.45) is 0.383. The highest BCUT2D eigenvalue weighted by atomic mass is 32.2. The summed E-state index contributed by atoms with van der Waals surface area (Å²) in [6, 6.07) is 0. The largest absolute Gasteiger partial charge is 0.481 e. The third-order valence-electron chi connectivity index (χ3n) is 2.46. The van der Waals surface area contributed by atoms with Crippen molar-refractivity contribution in [3.63, 3.8) is 0 Å². The van der Waals surface area contributed by atoms with Crippen LogP contribution in [0.3, 0.4) is 0 Å². The summed E-state index contributed by atoms with van der Waals surface area (Å²) < 4.78 is 0. The molecule has 16 heavy (non-hydrogen) atoms. The molecule has 0 spiro atoms. The number of nitrogens with zero attached hydrogens (tertiary/aromatic N) is 1. The molecule has 1 saturated heterocycles. The number of amides is 1. The zero-order valence-electron chi connectivity index (χ0n) is 8.17. The number of β-lactam (4-membered cyclic amide) rings is 1. The summed E-state index contributed by atoms with van der Waals surface area (Å²) >= 11 is 1.28. The molecule has 7 heteroatoms. The first-order valence-corrected chi connectivity index (χ1v) is 5.55. The Balaban J connectivity index is 2.18. The number of thioether (sulfide) groups is 1. The molecule has 2 aliphatic rings. The number of aliphatic carboxylic acids is 2. The van der Waals surface area contributed by atoms with Gasteiger partial charge in [0.25, 0.3) is 0 Å². The van der Waals surface area contributed by atoms with Gasteiger partial charge in [0, 0.05) is 11.3 Å². The van der Waals surface area contributed by atoms with Crippen LogP contribution in [0.5, 0.6) is 0 Å². The molecule has 0 aromatic rings. The van der Waals surface area contributed by atoms with Crippen LogP contribution in [0.15, 0.2) is 10.6 Å². The maximum absolute atomic E-state index is 11.2. The van der Waals surface area contributed by atoms with Crippen LogP contribution in [0.1, 0.15) is 19.3 Å². The van der Waals surface area contributed by atoms with Crippen LogP contribution < -0.4 is 0 Å². The number of hydrogen-bond donors (Lipinski definition) is 2. The molecule has 0 saturated carbocycles. The van der Waals surface area contributed by atoms with E-state index < -0.39 is 11.9 Å². The van der Waals surface area contributed by atoms with Gasteiger partial charge in [0.2, 0.25) is 5.91 Å². The van der Waals surface area contributed by atoms with Crippen LogP contribution in [0.4, 0.5) is 0 Å². The Labute approximate surface area is 94.9 Å². The van der Waals surface area contributed by atoms with Crippen molar-refractivity contribution in [2.45, 2.75) is 24.6 Å². The number of carboxylic acids is 2. The van der Waals surface area contributed by atoms with E-state index >= 15 is 0 Å². The second kappa shape index (κ2) is 3.82. The van der Waals surface area contributed by atoms with Gasteiger partial charge in [-0.05, 0) is 6.42 Å². The Morgan fingerprint density at radius 3 is 2.62 bits per heavy atom. The average Bonchev–Trinajstić information content (AvgIpc) is 2.47. The van der Waals surface area contributed by atoms with Crippen molar-refractivity contribution in [3.05, 3.63) is 10.6 Å². The van der Waals surface area contributed by atoms with E-state index in [1.54, 1.807) is 0 Å². The summed E-state index contributed by atoms with van der Waals surface area (Å²) in [5.41, 5.74) is -0.0347. The molecule has 0 unspecified atom stereocenters. The molecular formula is C9H9NO5S. The van der Waals surface area contributed by atoms with Crippen LogP contribution in [-0.2, 0) is 14.4 Å². The molecule has 1 fully saturated rings. The van der Waals surface area contributed by atoms with Crippen LogP contribution in [-0.4, -0.2) is 38.3 Å². The fourth-order valence-corrected chi connectivity index (χ4v) is 3.12. The molecule has 2 rings (SSSR count). The monoisotopic (exact) mass is 243 g/mol. The van der Waals surface area contributed by atoms with Gasteiger partial charge in [-0.3, -0.25) is 14.5 Å². The maximum Gasteiger partial charge on any atom is 0.353 e. The summed E-state index contributed by atoms with van der Waals surface area (Å²) in [5.74, 6) is -2.35. The standard InChI is InChI=1S/C9H9NO5S/c11-5-3-6-10(5)8(9(14)15)4(16-6)1-2-7(12)13/h6H,1-3H2,(H,12,13)(H,14,15)/t6-/m0/s1. The first kappa shape index (κ1) is 11.0. The number of rotatable bonds is 4. The van der Waals surface area contributed by atoms with Gasteiger partial charge < -0.3 is 10.2 Å².